The van der Waals surface area contributed by atoms with Crippen LogP contribution in [0.15, 0.2) is 41.1 Å². The van der Waals surface area contributed by atoms with Gasteiger partial charge >= 0.3 is 6.18 Å². The molecule has 1 aromatic heterocycles. The number of alkyl halides is 3. The molecule has 5 heteroatoms. The fourth-order valence-corrected chi connectivity index (χ4v) is 2.99. The minimum Gasteiger partial charge on any atom is -0.307 e. The standard InChI is InChI=1S/C16H18F3NS/c1-11(9-13-7-8-21-10-13)20-12(2)14-3-5-15(6-4-14)16(17,18)19/h3-8,10-12,20H,9H2,1-2H3. The minimum atomic E-state index is -4.28. The Bertz CT molecular complexity index is 546. The zero-order valence-electron chi connectivity index (χ0n) is 11.9. The van der Waals surface area contributed by atoms with Crippen LogP contribution in [0.5, 0.6) is 0 Å². The van der Waals surface area contributed by atoms with Gasteiger partial charge in [0, 0.05) is 12.1 Å². The second kappa shape index (κ2) is 6.62. The number of rotatable bonds is 5. The largest absolute Gasteiger partial charge is 0.416 e. The van der Waals surface area contributed by atoms with Crippen molar-refractivity contribution in [3.8, 4) is 0 Å². The number of halogens is 3. The highest BCUT2D eigenvalue weighted by molar-refractivity contribution is 7.07. The molecular weight excluding hydrogens is 295 g/mol. The third-order valence-corrected chi connectivity index (χ3v) is 4.13. The van der Waals surface area contributed by atoms with Crippen LogP contribution in [0, 0.1) is 0 Å². The van der Waals surface area contributed by atoms with E-state index in [1.807, 2.05) is 12.3 Å². The maximum Gasteiger partial charge on any atom is 0.416 e. The molecule has 21 heavy (non-hydrogen) atoms. The zero-order chi connectivity index (χ0) is 15.5. The Balaban J connectivity index is 1.95. The summed E-state index contributed by atoms with van der Waals surface area (Å²) in [6.45, 7) is 4.05. The van der Waals surface area contributed by atoms with Crippen LogP contribution >= 0.6 is 11.3 Å². The molecule has 114 valence electrons. The van der Waals surface area contributed by atoms with E-state index in [1.54, 1.807) is 11.3 Å². The average molecular weight is 313 g/mol. The van der Waals surface area contributed by atoms with E-state index in [0.717, 1.165) is 24.1 Å². The van der Waals surface area contributed by atoms with Gasteiger partial charge in [-0.3, -0.25) is 0 Å². The first-order valence-electron chi connectivity index (χ1n) is 6.80. The molecular formula is C16H18F3NS. The molecule has 0 aliphatic carbocycles. The monoisotopic (exact) mass is 313 g/mol. The topological polar surface area (TPSA) is 12.0 Å². The molecule has 0 aliphatic heterocycles. The summed E-state index contributed by atoms with van der Waals surface area (Å²) >= 11 is 1.67. The predicted octanol–water partition coefficient (Wildman–Crippen LogP) is 5.05. The Hall–Kier alpha value is -1.33. The van der Waals surface area contributed by atoms with Crippen molar-refractivity contribution in [3.05, 3.63) is 57.8 Å². The quantitative estimate of drug-likeness (QED) is 0.814. The van der Waals surface area contributed by atoms with E-state index in [9.17, 15) is 13.2 Å². The van der Waals surface area contributed by atoms with Crippen LogP contribution in [0.2, 0.25) is 0 Å². The number of benzene rings is 1. The van der Waals surface area contributed by atoms with E-state index in [1.165, 1.54) is 17.7 Å². The Labute approximate surface area is 126 Å². The molecule has 1 aromatic carbocycles. The second-order valence-corrected chi connectivity index (χ2v) is 6.02. The van der Waals surface area contributed by atoms with E-state index in [0.29, 0.717) is 0 Å². The zero-order valence-corrected chi connectivity index (χ0v) is 12.8. The smallest absolute Gasteiger partial charge is 0.307 e. The van der Waals surface area contributed by atoms with Crippen molar-refractivity contribution in [1.82, 2.24) is 5.32 Å². The molecule has 0 fully saturated rings. The molecule has 0 aliphatic rings. The summed E-state index contributed by atoms with van der Waals surface area (Å²) in [4.78, 5) is 0. The van der Waals surface area contributed by atoms with Crippen molar-refractivity contribution in [2.75, 3.05) is 0 Å². The fourth-order valence-electron chi connectivity index (χ4n) is 2.31. The second-order valence-electron chi connectivity index (χ2n) is 5.24. The van der Waals surface area contributed by atoms with Gasteiger partial charge < -0.3 is 5.32 Å². The van der Waals surface area contributed by atoms with Crippen LogP contribution in [0.3, 0.4) is 0 Å². The molecule has 1 nitrogen and oxygen atoms in total. The van der Waals surface area contributed by atoms with Crippen LogP contribution in [0.25, 0.3) is 0 Å². The third kappa shape index (κ3) is 4.58. The molecule has 0 saturated carbocycles. The van der Waals surface area contributed by atoms with Gasteiger partial charge in [-0.15, -0.1) is 0 Å². The SMILES string of the molecule is CC(Cc1ccsc1)NC(C)c1ccc(C(F)(F)F)cc1. The highest BCUT2D eigenvalue weighted by Crippen LogP contribution is 2.30. The first-order chi connectivity index (χ1) is 9.86. The maximum absolute atomic E-state index is 12.5. The first-order valence-corrected chi connectivity index (χ1v) is 7.75. The van der Waals surface area contributed by atoms with E-state index >= 15 is 0 Å². The molecule has 0 saturated heterocycles. The summed E-state index contributed by atoms with van der Waals surface area (Å²) in [5.74, 6) is 0. The van der Waals surface area contributed by atoms with Gasteiger partial charge in [-0.25, -0.2) is 0 Å². The van der Waals surface area contributed by atoms with Crippen molar-refractivity contribution in [1.29, 1.82) is 0 Å². The van der Waals surface area contributed by atoms with Gasteiger partial charge in [0.15, 0.2) is 0 Å². The summed E-state index contributed by atoms with van der Waals surface area (Å²) in [7, 11) is 0. The van der Waals surface area contributed by atoms with E-state index in [4.69, 9.17) is 0 Å². The van der Waals surface area contributed by atoms with Gasteiger partial charge in [0.1, 0.15) is 0 Å². The van der Waals surface area contributed by atoms with Gasteiger partial charge in [0.2, 0.25) is 0 Å². The van der Waals surface area contributed by atoms with Crippen LogP contribution in [-0.4, -0.2) is 6.04 Å². The number of thiophene rings is 1. The molecule has 1 N–H and O–H groups in total. The predicted molar refractivity (Wildman–Crippen MR) is 80.5 cm³/mol. The summed E-state index contributed by atoms with van der Waals surface area (Å²) in [5.41, 5.74) is 1.53. The fraction of sp³-hybridized carbons (Fsp3) is 0.375. The third-order valence-electron chi connectivity index (χ3n) is 3.39. The van der Waals surface area contributed by atoms with Crippen molar-refractivity contribution >= 4 is 11.3 Å². The lowest BCUT2D eigenvalue weighted by atomic mass is 10.0. The summed E-state index contributed by atoms with van der Waals surface area (Å²) < 4.78 is 37.6. The van der Waals surface area contributed by atoms with Crippen molar-refractivity contribution in [3.63, 3.8) is 0 Å². The summed E-state index contributed by atoms with van der Waals surface area (Å²) in [5, 5.41) is 7.57. The molecule has 0 spiro atoms. The van der Waals surface area contributed by atoms with Gasteiger partial charge in [-0.2, -0.15) is 24.5 Å². The Kier molecular flexibility index (Phi) is 5.06. The van der Waals surface area contributed by atoms with E-state index in [-0.39, 0.29) is 12.1 Å². The average Bonchev–Trinajstić information content (AvgIpc) is 2.90. The highest BCUT2D eigenvalue weighted by Gasteiger charge is 2.30. The van der Waals surface area contributed by atoms with Crippen molar-refractivity contribution in [2.24, 2.45) is 0 Å². The number of hydrogen-bond donors (Lipinski definition) is 1. The van der Waals surface area contributed by atoms with Gasteiger partial charge in [0.05, 0.1) is 5.56 Å². The molecule has 2 aromatic rings. The lowest BCUT2D eigenvalue weighted by Gasteiger charge is -2.20. The molecule has 2 rings (SSSR count). The molecule has 1 heterocycles. The Morgan fingerprint density at radius 2 is 1.76 bits per heavy atom. The summed E-state index contributed by atoms with van der Waals surface area (Å²) in [6, 6.07) is 7.72. The van der Waals surface area contributed by atoms with Gasteiger partial charge in [0.25, 0.3) is 0 Å². The van der Waals surface area contributed by atoms with Gasteiger partial charge in [-0.1, -0.05) is 12.1 Å². The number of nitrogens with one attached hydrogen (secondary N) is 1. The maximum atomic E-state index is 12.5. The molecule has 0 radical (unpaired) electrons. The lowest BCUT2D eigenvalue weighted by molar-refractivity contribution is -0.137. The normalized spacial score (nSPS) is 14.9. The Morgan fingerprint density at radius 3 is 2.29 bits per heavy atom. The van der Waals surface area contributed by atoms with Crippen LogP contribution in [0.4, 0.5) is 13.2 Å². The molecule has 0 amide bonds. The molecule has 2 unspecified atom stereocenters. The highest BCUT2D eigenvalue weighted by atomic mass is 32.1. The molecule has 2 atom stereocenters. The van der Waals surface area contributed by atoms with E-state index < -0.39 is 11.7 Å². The van der Waals surface area contributed by atoms with Crippen molar-refractivity contribution in [2.45, 2.75) is 38.5 Å². The van der Waals surface area contributed by atoms with E-state index in [2.05, 4.69) is 23.7 Å². The first kappa shape index (κ1) is 16.0. The lowest BCUT2D eigenvalue weighted by Crippen LogP contribution is -2.30. The van der Waals surface area contributed by atoms with Crippen LogP contribution < -0.4 is 5.32 Å². The molecule has 0 bridgehead atoms. The van der Waals surface area contributed by atoms with Crippen LogP contribution in [0.1, 0.15) is 36.6 Å². The van der Waals surface area contributed by atoms with Crippen LogP contribution in [-0.2, 0) is 12.6 Å². The minimum absolute atomic E-state index is 0.0147. The summed E-state index contributed by atoms with van der Waals surface area (Å²) in [6.07, 6.45) is -3.37. The Morgan fingerprint density at radius 1 is 1.10 bits per heavy atom. The van der Waals surface area contributed by atoms with Crippen molar-refractivity contribution < 1.29 is 13.2 Å². The van der Waals surface area contributed by atoms with Gasteiger partial charge in [-0.05, 0) is 60.4 Å². The number of hydrogen-bond acceptors (Lipinski definition) is 2.